The maximum absolute atomic E-state index is 9.93. The first-order chi connectivity index (χ1) is 8.70. The molecule has 0 amide bonds. The van der Waals surface area contributed by atoms with Gasteiger partial charge in [-0.05, 0) is 0 Å². The van der Waals surface area contributed by atoms with E-state index >= 15 is 0 Å². The van der Waals surface area contributed by atoms with E-state index < -0.39 is 12.3 Å². The molecule has 2 aromatic heterocycles. The maximum Gasteiger partial charge on any atom is 0.167 e. The van der Waals surface area contributed by atoms with E-state index in [1.165, 1.54) is 12.7 Å². The van der Waals surface area contributed by atoms with Crippen LogP contribution in [-0.2, 0) is 4.74 Å². The summed E-state index contributed by atoms with van der Waals surface area (Å²) >= 11 is 0. The summed E-state index contributed by atoms with van der Waals surface area (Å²) in [5.41, 5.74) is 6.66. The topological polar surface area (TPSA) is 119 Å². The quantitative estimate of drug-likeness (QED) is 0.629. The van der Waals surface area contributed by atoms with Gasteiger partial charge in [0.25, 0.3) is 0 Å². The van der Waals surface area contributed by atoms with Crippen molar-refractivity contribution >= 4 is 17.0 Å². The fourth-order valence-corrected chi connectivity index (χ4v) is 2.15. The lowest BCUT2D eigenvalue weighted by Crippen LogP contribution is -2.19. The van der Waals surface area contributed by atoms with Crippen LogP contribution in [-0.4, -0.2) is 48.5 Å². The van der Waals surface area contributed by atoms with Crippen LogP contribution in [0.4, 0.5) is 5.82 Å². The number of hydrogen-bond acceptors (Lipinski definition) is 7. The van der Waals surface area contributed by atoms with Crippen molar-refractivity contribution in [3.05, 3.63) is 12.7 Å². The van der Waals surface area contributed by atoms with Crippen LogP contribution in [0.2, 0.25) is 0 Å². The third-order valence-corrected chi connectivity index (χ3v) is 3.03. The van der Waals surface area contributed by atoms with E-state index in [-0.39, 0.29) is 18.5 Å². The van der Waals surface area contributed by atoms with Crippen LogP contribution in [0.15, 0.2) is 12.7 Å². The average Bonchev–Trinajstić information content (AvgIpc) is 2.93. The third kappa shape index (κ3) is 1.62. The van der Waals surface area contributed by atoms with Gasteiger partial charge in [0, 0.05) is 6.42 Å². The summed E-state index contributed by atoms with van der Waals surface area (Å²) in [6, 6.07) is 0. The third-order valence-electron chi connectivity index (χ3n) is 3.03. The van der Waals surface area contributed by atoms with Gasteiger partial charge in [-0.25, -0.2) is 15.0 Å². The van der Waals surface area contributed by atoms with Crippen molar-refractivity contribution in [1.82, 2.24) is 19.5 Å². The van der Waals surface area contributed by atoms with E-state index in [2.05, 4.69) is 15.0 Å². The van der Waals surface area contributed by atoms with Crippen molar-refractivity contribution in [2.45, 2.75) is 24.9 Å². The van der Waals surface area contributed by atoms with Crippen LogP contribution in [0.5, 0.6) is 0 Å². The zero-order chi connectivity index (χ0) is 12.7. The molecule has 0 saturated carbocycles. The largest absolute Gasteiger partial charge is 0.394 e. The molecule has 0 spiro atoms. The Kier molecular flexibility index (Phi) is 2.62. The normalized spacial score (nSPS) is 28.0. The number of anilines is 1. The van der Waals surface area contributed by atoms with Gasteiger partial charge in [0.2, 0.25) is 0 Å². The predicted octanol–water partition coefficient (Wildman–Crippen LogP) is -0.951. The second-order valence-corrected chi connectivity index (χ2v) is 4.22. The molecular weight excluding hydrogens is 238 g/mol. The smallest absolute Gasteiger partial charge is 0.167 e. The fraction of sp³-hybridized carbons (Fsp3) is 0.500. The second-order valence-electron chi connectivity index (χ2n) is 4.22. The summed E-state index contributed by atoms with van der Waals surface area (Å²) in [6.45, 7) is -0.128. The fourth-order valence-electron chi connectivity index (χ4n) is 2.15. The first kappa shape index (κ1) is 11.3. The number of aliphatic hydroxyl groups is 2. The number of rotatable bonds is 2. The van der Waals surface area contributed by atoms with Crippen molar-refractivity contribution in [3.8, 4) is 0 Å². The van der Waals surface area contributed by atoms with Crippen molar-refractivity contribution < 1.29 is 14.9 Å². The van der Waals surface area contributed by atoms with Crippen LogP contribution in [0, 0.1) is 0 Å². The van der Waals surface area contributed by atoms with E-state index in [1.807, 2.05) is 0 Å². The average molecular weight is 251 g/mol. The highest BCUT2D eigenvalue weighted by Gasteiger charge is 2.35. The molecule has 1 aliphatic rings. The number of hydrogen-bond donors (Lipinski definition) is 3. The Morgan fingerprint density at radius 3 is 3.00 bits per heavy atom. The second kappa shape index (κ2) is 4.16. The molecule has 3 heterocycles. The molecule has 8 nitrogen and oxygen atoms in total. The van der Waals surface area contributed by atoms with E-state index in [9.17, 15) is 5.11 Å². The molecule has 1 aliphatic heterocycles. The van der Waals surface area contributed by atoms with Gasteiger partial charge in [0.15, 0.2) is 17.7 Å². The van der Waals surface area contributed by atoms with E-state index in [4.69, 9.17) is 15.6 Å². The van der Waals surface area contributed by atoms with Gasteiger partial charge in [-0.3, -0.25) is 4.57 Å². The molecule has 3 rings (SSSR count). The van der Waals surface area contributed by atoms with Crippen LogP contribution >= 0.6 is 0 Å². The molecule has 96 valence electrons. The number of imidazole rings is 1. The number of nitrogen functional groups attached to an aromatic ring is 1. The highest BCUT2D eigenvalue weighted by molar-refractivity contribution is 5.81. The molecule has 1 fully saturated rings. The summed E-state index contributed by atoms with van der Waals surface area (Å²) < 4.78 is 7.14. The Morgan fingerprint density at radius 1 is 1.44 bits per heavy atom. The molecule has 8 heteroatoms. The Hall–Kier alpha value is -1.77. The van der Waals surface area contributed by atoms with Gasteiger partial charge >= 0.3 is 0 Å². The lowest BCUT2D eigenvalue weighted by molar-refractivity contribution is -0.0486. The highest BCUT2D eigenvalue weighted by Crippen LogP contribution is 2.31. The zero-order valence-corrected chi connectivity index (χ0v) is 9.47. The number of aliphatic hydroxyl groups excluding tert-OH is 2. The van der Waals surface area contributed by atoms with Crippen LogP contribution in [0.25, 0.3) is 11.2 Å². The summed E-state index contributed by atoms with van der Waals surface area (Å²) in [4.78, 5) is 12.0. The number of nitrogens with two attached hydrogens (primary N) is 1. The molecular formula is C10H13N5O3. The molecule has 0 unspecified atom stereocenters. The molecule has 0 aromatic carbocycles. The Labute approximate surface area is 102 Å². The Morgan fingerprint density at radius 2 is 2.28 bits per heavy atom. The first-order valence-electron chi connectivity index (χ1n) is 5.58. The zero-order valence-electron chi connectivity index (χ0n) is 9.47. The molecule has 0 bridgehead atoms. The molecule has 0 radical (unpaired) electrons. The van der Waals surface area contributed by atoms with Crippen molar-refractivity contribution in [1.29, 1.82) is 0 Å². The number of nitrogens with zero attached hydrogens (tertiary/aromatic N) is 4. The van der Waals surface area contributed by atoms with Gasteiger partial charge in [0.05, 0.1) is 19.0 Å². The van der Waals surface area contributed by atoms with Gasteiger partial charge in [-0.2, -0.15) is 0 Å². The van der Waals surface area contributed by atoms with Crippen LogP contribution < -0.4 is 5.73 Å². The summed E-state index contributed by atoms with van der Waals surface area (Å²) in [7, 11) is 0. The SMILES string of the molecule is Nc1ncnc2c1ncn2[C@H]1O[C@@H](CO)C[C@H]1O. The lowest BCUT2D eigenvalue weighted by atomic mass is 10.2. The maximum atomic E-state index is 9.93. The van der Waals surface area contributed by atoms with Crippen molar-refractivity contribution in [2.24, 2.45) is 0 Å². The Bertz CT molecular complexity index is 572. The standard InChI is InChI=1S/C10H13N5O3/c11-8-7-9(13-3-12-8)15(4-14-7)10-6(17)1-5(2-16)18-10/h3-6,10,16-17H,1-2H2,(H2,11,12,13)/t5-,6-,10+/m1/s1. The van der Waals surface area contributed by atoms with E-state index in [1.54, 1.807) is 4.57 Å². The number of fused-ring (bicyclic) bond motifs is 1. The summed E-state index contributed by atoms with van der Waals surface area (Å²) in [6.07, 6.45) is 1.52. The Balaban J connectivity index is 2.02. The van der Waals surface area contributed by atoms with Gasteiger partial charge in [-0.15, -0.1) is 0 Å². The molecule has 3 atom stereocenters. The monoisotopic (exact) mass is 251 g/mol. The summed E-state index contributed by atoms with van der Waals surface area (Å²) in [5, 5.41) is 19.0. The lowest BCUT2D eigenvalue weighted by Gasteiger charge is -2.16. The minimum atomic E-state index is -0.712. The van der Waals surface area contributed by atoms with E-state index in [0.29, 0.717) is 17.6 Å². The molecule has 0 aliphatic carbocycles. The molecule has 18 heavy (non-hydrogen) atoms. The van der Waals surface area contributed by atoms with Crippen LogP contribution in [0.3, 0.4) is 0 Å². The first-order valence-corrected chi connectivity index (χ1v) is 5.58. The summed E-state index contributed by atoms with van der Waals surface area (Å²) in [5.74, 6) is 0.282. The minimum Gasteiger partial charge on any atom is -0.394 e. The minimum absolute atomic E-state index is 0.128. The predicted molar refractivity (Wildman–Crippen MR) is 61.4 cm³/mol. The van der Waals surface area contributed by atoms with Gasteiger partial charge in [-0.1, -0.05) is 0 Å². The van der Waals surface area contributed by atoms with Crippen molar-refractivity contribution in [2.75, 3.05) is 12.3 Å². The van der Waals surface area contributed by atoms with Crippen LogP contribution in [0.1, 0.15) is 12.6 Å². The van der Waals surface area contributed by atoms with Gasteiger partial charge in [0.1, 0.15) is 17.9 Å². The van der Waals surface area contributed by atoms with Gasteiger partial charge < -0.3 is 20.7 Å². The highest BCUT2D eigenvalue weighted by atomic mass is 16.5. The van der Waals surface area contributed by atoms with E-state index in [0.717, 1.165) is 0 Å². The number of ether oxygens (including phenoxy) is 1. The van der Waals surface area contributed by atoms with Crippen molar-refractivity contribution in [3.63, 3.8) is 0 Å². The number of aromatic nitrogens is 4. The molecule has 2 aromatic rings. The molecule has 1 saturated heterocycles. The molecule has 4 N–H and O–H groups in total.